The predicted octanol–water partition coefficient (Wildman–Crippen LogP) is 4.09. The summed E-state index contributed by atoms with van der Waals surface area (Å²) in [5.41, 5.74) is 2.96. The first-order chi connectivity index (χ1) is 16.6. The Hall–Kier alpha value is -3.62. The van der Waals surface area contributed by atoms with Crippen LogP contribution in [-0.2, 0) is 41.6 Å². The van der Waals surface area contributed by atoms with Gasteiger partial charge in [0.15, 0.2) is 5.69 Å². The molecule has 2 heterocycles. The van der Waals surface area contributed by atoms with Gasteiger partial charge in [0.1, 0.15) is 12.6 Å². The van der Waals surface area contributed by atoms with Gasteiger partial charge in [-0.2, -0.15) is 18.3 Å². The van der Waals surface area contributed by atoms with Crippen LogP contribution in [0.3, 0.4) is 0 Å². The van der Waals surface area contributed by atoms with E-state index in [0.717, 1.165) is 27.4 Å². The lowest BCUT2D eigenvalue weighted by Gasteiger charge is -2.25. The van der Waals surface area contributed by atoms with E-state index in [4.69, 9.17) is 0 Å². The van der Waals surface area contributed by atoms with Gasteiger partial charge >= 0.3 is 6.18 Å². The first kappa shape index (κ1) is 24.5. The van der Waals surface area contributed by atoms with Crippen molar-refractivity contribution < 1.29 is 22.8 Å². The minimum atomic E-state index is -4.61. The average Bonchev–Trinajstić information content (AvgIpc) is 3.21. The number of hydrogen-bond donors (Lipinski definition) is 1. The summed E-state index contributed by atoms with van der Waals surface area (Å²) in [4.78, 5) is 27.8. The highest BCUT2D eigenvalue weighted by molar-refractivity contribution is 5.99. The minimum Gasteiger partial charge on any atom is -0.342 e. The zero-order valence-corrected chi connectivity index (χ0v) is 19.6. The van der Waals surface area contributed by atoms with Crippen LogP contribution >= 0.6 is 0 Å². The average molecular weight is 485 g/mol. The lowest BCUT2D eigenvalue weighted by Crippen LogP contribution is -2.49. The Morgan fingerprint density at radius 3 is 2.51 bits per heavy atom. The zero-order valence-electron chi connectivity index (χ0n) is 19.6. The molecule has 0 aliphatic carbocycles. The van der Waals surface area contributed by atoms with Gasteiger partial charge in [-0.3, -0.25) is 14.3 Å². The fourth-order valence-corrected chi connectivity index (χ4v) is 4.26. The van der Waals surface area contributed by atoms with Gasteiger partial charge in [-0.15, -0.1) is 0 Å². The van der Waals surface area contributed by atoms with E-state index in [1.165, 1.54) is 4.90 Å². The molecule has 2 bridgehead atoms. The summed E-state index contributed by atoms with van der Waals surface area (Å²) >= 11 is 0. The molecule has 0 spiro atoms. The van der Waals surface area contributed by atoms with Gasteiger partial charge in [-0.25, -0.2) is 0 Å². The summed E-state index contributed by atoms with van der Waals surface area (Å²) in [6.07, 6.45) is -2.74. The summed E-state index contributed by atoms with van der Waals surface area (Å²) in [5.74, 6) is -0.895. The number of halogens is 3. The van der Waals surface area contributed by atoms with E-state index in [1.54, 1.807) is 7.05 Å². The van der Waals surface area contributed by atoms with Crippen molar-refractivity contribution in [3.05, 3.63) is 82.7 Å². The molecule has 2 aromatic carbocycles. The van der Waals surface area contributed by atoms with Crippen molar-refractivity contribution in [1.82, 2.24) is 15.1 Å². The number of rotatable bonds is 2. The summed E-state index contributed by atoms with van der Waals surface area (Å²) in [6, 6.07) is 15.3. The second kappa shape index (κ2) is 9.93. The third-order valence-corrected chi connectivity index (χ3v) is 6.16. The number of alkyl halides is 3. The van der Waals surface area contributed by atoms with Crippen LogP contribution in [0.4, 0.5) is 18.9 Å². The first-order valence-corrected chi connectivity index (χ1v) is 11.5. The number of anilines is 1. The Kier molecular flexibility index (Phi) is 6.95. The molecule has 1 aromatic heterocycles. The van der Waals surface area contributed by atoms with E-state index in [1.807, 2.05) is 55.5 Å². The van der Waals surface area contributed by atoms with Crippen molar-refractivity contribution in [1.29, 1.82) is 0 Å². The Bertz CT molecular complexity index is 1220. The largest absolute Gasteiger partial charge is 0.435 e. The molecule has 1 aliphatic rings. The number of hydrogen-bond acceptors (Lipinski definition) is 3. The maximum absolute atomic E-state index is 13.4. The molecule has 3 aromatic rings. The number of carbonyl (C=O) groups excluding carboxylic acids is 2. The van der Waals surface area contributed by atoms with Crippen LogP contribution in [-0.4, -0.2) is 34.7 Å². The summed E-state index contributed by atoms with van der Waals surface area (Å²) in [7, 11) is 1.64. The minimum absolute atomic E-state index is 0.258. The van der Waals surface area contributed by atoms with Crippen LogP contribution in [0.5, 0.6) is 0 Å². The summed E-state index contributed by atoms with van der Waals surface area (Å²) in [5, 5.41) is 6.39. The van der Waals surface area contributed by atoms with Gasteiger partial charge in [0.05, 0.1) is 0 Å². The van der Waals surface area contributed by atoms with Crippen molar-refractivity contribution in [3.63, 3.8) is 0 Å². The number of likely N-dealkylation sites (N-methyl/N-ethyl adjacent to an activating group) is 1. The highest BCUT2D eigenvalue weighted by atomic mass is 19.4. The SMILES string of the molecule is Cc1ccc(N(C)C(=O)[C@@H]2Cc3cccc(c3)CCCc3cc(C(F)(F)F)nn3CC(=O)N2)cc1. The van der Waals surface area contributed by atoms with E-state index in [2.05, 4.69) is 10.4 Å². The third kappa shape index (κ3) is 5.90. The quantitative estimate of drug-likeness (QED) is 0.596. The maximum atomic E-state index is 13.4. The lowest BCUT2D eigenvalue weighted by atomic mass is 9.99. The smallest absolute Gasteiger partial charge is 0.342 e. The maximum Gasteiger partial charge on any atom is 0.435 e. The van der Waals surface area contributed by atoms with Gasteiger partial charge < -0.3 is 10.2 Å². The second-order valence-corrected chi connectivity index (χ2v) is 8.91. The number of nitrogens with zero attached hydrogens (tertiary/aromatic N) is 3. The molecule has 0 unspecified atom stereocenters. The fourth-order valence-electron chi connectivity index (χ4n) is 4.26. The normalized spacial score (nSPS) is 16.8. The Balaban J connectivity index is 1.66. The molecule has 1 atom stereocenters. The monoisotopic (exact) mass is 484 g/mol. The summed E-state index contributed by atoms with van der Waals surface area (Å²) < 4.78 is 40.9. The topological polar surface area (TPSA) is 67.2 Å². The molecule has 35 heavy (non-hydrogen) atoms. The molecular weight excluding hydrogens is 457 g/mol. The van der Waals surface area contributed by atoms with Gasteiger partial charge in [-0.1, -0.05) is 42.0 Å². The Morgan fingerprint density at radius 1 is 1.09 bits per heavy atom. The Labute approximate surface area is 201 Å². The number of amides is 2. The molecule has 0 radical (unpaired) electrons. The molecule has 184 valence electrons. The van der Waals surface area contributed by atoms with Crippen LogP contribution < -0.4 is 10.2 Å². The molecule has 9 heteroatoms. The number of aryl methyl sites for hydroxylation is 3. The second-order valence-electron chi connectivity index (χ2n) is 8.91. The van der Waals surface area contributed by atoms with Crippen molar-refractivity contribution >= 4 is 17.5 Å². The summed E-state index contributed by atoms with van der Waals surface area (Å²) in [6.45, 7) is 1.54. The van der Waals surface area contributed by atoms with Gasteiger partial charge in [0, 0.05) is 24.8 Å². The first-order valence-electron chi connectivity index (χ1n) is 11.5. The van der Waals surface area contributed by atoms with Crippen LogP contribution in [0.15, 0.2) is 54.6 Å². The lowest BCUT2D eigenvalue weighted by molar-refractivity contribution is -0.141. The van der Waals surface area contributed by atoms with Crippen LogP contribution in [0.2, 0.25) is 0 Å². The number of carbonyl (C=O) groups is 2. The van der Waals surface area contributed by atoms with Crippen LogP contribution in [0, 0.1) is 6.92 Å². The zero-order chi connectivity index (χ0) is 25.2. The number of nitrogens with one attached hydrogen (secondary N) is 1. The number of aromatic nitrogens is 2. The molecule has 0 fully saturated rings. The molecule has 1 aliphatic heterocycles. The van der Waals surface area contributed by atoms with Crippen molar-refractivity contribution in [2.75, 3.05) is 11.9 Å². The van der Waals surface area contributed by atoms with Crippen LogP contribution in [0.25, 0.3) is 0 Å². The molecule has 6 nitrogen and oxygen atoms in total. The molecule has 4 rings (SSSR count). The highest BCUT2D eigenvalue weighted by Crippen LogP contribution is 2.29. The number of benzene rings is 2. The van der Waals surface area contributed by atoms with E-state index in [9.17, 15) is 22.8 Å². The van der Waals surface area contributed by atoms with Gasteiger partial charge in [0.25, 0.3) is 0 Å². The molecule has 1 N–H and O–H groups in total. The molecule has 2 amide bonds. The van der Waals surface area contributed by atoms with E-state index in [0.29, 0.717) is 30.6 Å². The van der Waals surface area contributed by atoms with E-state index >= 15 is 0 Å². The molecular formula is C26H27F3N4O2. The molecule has 0 saturated carbocycles. The molecule has 0 saturated heterocycles. The van der Waals surface area contributed by atoms with E-state index < -0.39 is 30.4 Å². The van der Waals surface area contributed by atoms with Gasteiger partial charge in [0.2, 0.25) is 11.8 Å². The van der Waals surface area contributed by atoms with Gasteiger partial charge in [-0.05, 0) is 55.5 Å². The Morgan fingerprint density at radius 2 is 1.80 bits per heavy atom. The predicted molar refractivity (Wildman–Crippen MR) is 126 cm³/mol. The van der Waals surface area contributed by atoms with Crippen LogP contribution in [0.1, 0.15) is 34.5 Å². The highest BCUT2D eigenvalue weighted by Gasteiger charge is 2.35. The van der Waals surface area contributed by atoms with E-state index in [-0.39, 0.29) is 12.3 Å². The number of fused-ring (bicyclic) bond motifs is 3. The van der Waals surface area contributed by atoms with Crippen molar-refractivity contribution in [2.45, 2.75) is 51.4 Å². The fraction of sp³-hybridized carbons (Fsp3) is 0.346. The van der Waals surface area contributed by atoms with Crippen molar-refractivity contribution in [2.24, 2.45) is 0 Å². The van der Waals surface area contributed by atoms with Crippen molar-refractivity contribution in [3.8, 4) is 0 Å². The third-order valence-electron chi connectivity index (χ3n) is 6.16. The standard InChI is InChI=1S/C26H27F3N4O2/c1-17-9-11-20(12-10-17)32(2)25(35)22-14-19-7-3-5-18(13-19)6-4-8-21-15-23(26(27,28)29)31-33(21)16-24(34)30-22/h3,5,7,9-13,15,22H,4,6,8,14,16H2,1-2H3,(H,30,34)/t22-/m0/s1.